The molecule has 0 aliphatic rings. The molecule has 0 saturated carbocycles. The fourth-order valence-corrected chi connectivity index (χ4v) is 8.66. The minimum Gasteiger partial charge on any atom is -0.455 e. The standard InChI is InChI=1S/C50H30N2O2/c1-2-12-33(13-3-1)52-45-17-9-8-16-39(45)40-25-20-34(28-46(40)52)51(35-21-26-41-43-23-18-31-10-4-6-14-37(31)49(43)53-47(41)29-35)36-22-27-42-44-24-19-32-11-5-7-15-38(32)50(44)54-48(42)30-36/h1-30H. The molecule has 54 heavy (non-hydrogen) atoms. The molecule has 0 saturated heterocycles. The average molecular weight is 691 g/mol. The summed E-state index contributed by atoms with van der Waals surface area (Å²) in [5.74, 6) is 0. The molecular formula is C50H30N2O2. The third-order valence-electron chi connectivity index (χ3n) is 11.1. The number of aromatic nitrogens is 1. The summed E-state index contributed by atoms with van der Waals surface area (Å²) in [6.45, 7) is 0. The Balaban J connectivity index is 1.12. The van der Waals surface area contributed by atoms with E-state index in [4.69, 9.17) is 8.83 Å². The second-order valence-electron chi connectivity index (χ2n) is 14.1. The van der Waals surface area contributed by atoms with Crippen LogP contribution in [-0.2, 0) is 0 Å². The summed E-state index contributed by atoms with van der Waals surface area (Å²) in [4.78, 5) is 2.32. The van der Waals surface area contributed by atoms with Gasteiger partial charge in [0.25, 0.3) is 0 Å². The van der Waals surface area contributed by atoms with Crippen LogP contribution < -0.4 is 4.90 Å². The molecule has 252 valence electrons. The molecular weight excluding hydrogens is 661 g/mol. The van der Waals surface area contributed by atoms with Crippen LogP contribution in [0.25, 0.3) is 92.9 Å². The summed E-state index contributed by atoms with van der Waals surface area (Å²) in [6, 6.07) is 64.8. The summed E-state index contributed by atoms with van der Waals surface area (Å²) >= 11 is 0. The average Bonchev–Trinajstić information content (AvgIpc) is 3.90. The van der Waals surface area contributed by atoms with Gasteiger partial charge in [-0.1, -0.05) is 103 Å². The third kappa shape index (κ3) is 4.19. The minimum atomic E-state index is 0.847. The van der Waals surface area contributed by atoms with E-state index in [2.05, 4.69) is 191 Å². The van der Waals surface area contributed by atoms with Crippen molar-refractivity contribution in [2.24, 2.45) is 0 Å². The highest BCUT2D eigenvalue weighted by Gasteiger charge is 2.21. The van der Waals surface area contributed by atoms with Crippen molar-refractivity contribution in [3.63, 3.8) is 0 Å². The number of benzene rings is 9. The Morgan fingerprint density at radius 3 is 1.41 bits per heavy atom. The Morgan fingerprint density at radius 2 is 0.796 bits per heavy atom. The van der Waals surface area contributed by atoms with E-state index in [0.717, 1.165) is 82.9 Å². The van der Waals surface area contributed by atoms with E-state index in [9.17, 15) is 0 Å². The summed E-state index contributed by atoms with van der Waals surface area (Å²) in [6.07, 6.45) is 0. The fraction of sp³-hybridized carbons (Fsp3) is 0. The molecule has 0 amide bonds. The molecule has 3 heterocycles. The molecule has 12 aromatic rings. The number of hydrogen-bond acceptors (Lipinski definition) is 3. The molecule has 0 aliphatic carbocycles. The van der Waals surface area contributed by atoms with Crippen LogP contribution in [0.3, 0.4) is 0 Å². The maximum Gasteiger partial charge on any atom is 0.143 e. The van der Waals surface area contributed by atoms with Gasteiger partial charge < -0.3 is 18.3 Å². The first-order valence-corrected chi connectivity index (χ1v) is 18.3. The van der Waals surface area contributed by atoms with Crippen LogP contribution in [0.15, 0.2) is 191 Å². The maximum absolute atomic E-state index is 6.72. The Bertz CT molecular complexity index is 3310. The van der Waals surface area contributed by atoms with Crippen LogP contribution >= 0.6 is 0 Å². The van der Waals surface area contributed by atoms with Crippen LogP contribution in [0.4, 0.5) is 17.1 Å². The summed E-state index contributed by atoms with van der Waals surface area (Å²) in [7, 11) is 0. The van der Waals surface area contributed by atoms with E-state index >= 15 is 0 Å². The van der Waals surface area contributed by atoms with Gasteiger partial charge >= 0.3 is 0 Å². The van der Waals surface area contributed by atoms with Crippen LogP contribution in [-0.4, -0.2) is 4.57 Å². The smallest absolute Gasteiger partial charge is 0.143 e. The third-order valence-corrected chi connectivity index (χ3v) is 11.1. The van der Waals surface area contributed by atoms with Gasteiger partial charge in [0.05, 0.1) is 11.0 Å². The normalized spacial score (nSPS) is 12.1. The molecule has 0 N–H and O–H groups in total. The molecule has 0 atom stereocenters. The topological polar surface area (TPSA) is 34.5 Å². The molecule has 0 fully saturated rings. The van der Waals surface area contributed by atoms with Gasteiger partial charge in [-0.05, 0) is 77.5 Å². The number of anilines is 3. The van der Waals surface area contributed by atoms with Gasteiger partial charge in [-0.15, -0.1) is 0 Å². The summed E-state index contributed by atoms with van der Waals surface area (Å²) < 4.78 is 15.8. The molecule has 4 heteroatoms. The predicted octanol–water partition coefficient (Wildman–Crippen LogP) is 14.4. The fourth-order valence-electron chi connectivity index (χ4n) is 8.66. The molecule has 0 unspecified atom stereocenters. The van der Waals surface area contributed by atoms with E-state index in [0.29, 0.717) is 0 Å². The van der Waals surface area contributed by atoms with E-state index in [1.54, 1.807) is 0 Å². The van der Waals surface area contributed by atoms with Crippen molar-refractivity contribution in [1.29, 1.82) is 0 Å². The van der Waals surface area contributed by atoms with Crippen LogP contribution in [0.1, 0.15) is 0 Å². The largest absolute Gasteiger partial charge is 0.455 e. The monoisotopic (exact) mass is 690 g/mol. The number of rotatable bonds is 4. The van der Waals surface area contributed by atoms with Gasteiger partial charge in [0, 0.05) is 78.0 Å². The lowest BCUT2D eigenvalue weighted by atomic mass is 10.0. The first-order chi connectivity index (χ1) is 26.8. The lowest BCUT2D eigenvalue weighted by Gasteiger charge is -2.25. The molecule has 0 bridgehead atoms. The second-order valence-corrected chi connectivity index (χ2v) is 14.1. The van der Waals surface area contributed by atoms with Gasteiger partial charge in [0.2, 0.25) is 0 Å². The molecule has 0 aliphatic heterocycles. The SMILES string of the molecule is c1ccc(-n2c3ccccc3c3ccc(N(c4ccc5c(c4)oc4c6ccccc6ccc54)c4ccc5c(c4)oc4c6ccccc6ccc54)cc32)cc1. The highest BCUT2D eigenvalue weighted by Crippen LogP contribution is 2.44. The second kappa shape index (κ2) is 11.1. The quantitative estimate of drug-likeness (QED) is 0.184. The zero-order chi connectivity index (χ0) is 35.3. The number of para-hydroxylation sites is 2. The van der Waals surface area contributed by atoms with Crippen LogP contribution in [0.5, 0.6) is 0 Å². The van der Waals surface area contributed by atoms with Crippen molar-refractivity contribution in [1.82, 2.24) is 4.57 Å². The van der Waals surface area contributed by atoms with Crippen molar-refractivity contribution in [2.45, 2.75) is 0 Å². The van der Waals surface area contributed by atoms with Gasteiger partial charge in [0.15, 0.2) is 0 Å². The van der Waals surface area contributed by atoms with E-state index < -0.39 is 0 Å². The van der Waals surface area contributed by atoms with Crippen molar-refractivity contribution in [3.05, 3.63) is 182 Å². The molecule has 12 rings (SSSR count). The molecule has 3 aromatic heterocycles. The number of fused-ring (bicyclic) bond motifs is 13. The number of nitrogens with zero attached hydrogens (tertiary/aromatic N) is 2. The lowest BCUT2D eigenvalue weighted by Crippen LogP contribution is -2.10. The van der Waals surface area contributed by atoms with E-state index in [1.165, 1.54) is 27.1 Å². The van der Waals surface area contributed by atoms with Crippen LogP contribution in [0.2, 0.25) is 0 Å². The van der Waals surface area contributed by atoms with E-state index in [-0.39, 0.29) is 0 Å². The van der Waals surface area contributed by atoms with Gasteiger partial charge in [-0.3, -0.25) is 0 Å². The number of hydrogen-bond donors (Lipinski definition) is 0. The molecule has 0 spiro atoms. The molecule has 9 aromatic carbocycles. The van der Waals surface area contributed by atoms with Gasteiger partial charge in [-0.2, -0.15) is 0 Å². The maximum atomic E-state index is 6.72. The summed E-state index contributed by atoms with van der Waals surface area (Å²) in [5, 5.41) is 11.4. The van der Waals surface area contributed by atoms with E-state index in [1.807, 2.05) is 0 Å². The first-order valence-electron chi connectivity index (χ1n) is 18.3. The molecule has 4 nitrogen and oxygen atoms in total. The minimum absolute atomic E-state index is 0.847. The van der Waals surface area contributed by atoms with Gasteiger partial charge in [-0.25, -0.2) is 0 Å². The van der Waals surface area contributed by atoms with Crippen molar-refractivity contribution in [3.8, 4) is 5.69 Å². The zero-order valence-corrected chi connectivity index (χ0v) is 29.0. The lowest BCUT2D eigenvalue weighted by molar-refractivity contribution is 0.672. The van der Waals surface area contributed by atoms with Crippen molar-refractivity contribution >= 4 is 104 Å². The highest BCUT2D eigenvalue weighted by atomic mass is 16.3. The highest BCUT2D eigenvalue weighted by molar-refractivity contribution is 6.17. The Hall–Kier alpha value is -7.30. The first kappa shape index (κ1) is 29.3. The number of furan rings is 2. The Kier molecular flexibility index (Phi) is 6.02. The van der Waals surface area contributed by atoms with Gasteiger partial charge in [0.1, 0.15) is 22.3 Å². The summed E-state index contributed by atoms with van der Waals surface area (Å²) in [5.41, 5.74) is 9.98. The van der Waals surface area contributed by atoms with Crippen LogP contribution in [0, 0.1) is 0 Å². The predicted molar refractivity (Wildman–Crippen MR) is 225 cm³/mol. The van der Waals surface area contributed by atoms with Crippen molar-refractivity contribution in [2.75, 3.05) is 4.90 Å². The van der Waals surface area contributed by atoms with Crippen molar-refractivity contribution < 1.29 is 8.83 Å². The molecule has 0 radical (unpaired) electrons. The Morgan fingerprint density at radius 1 is 0.333 bits per heavy atom. The Labute approximate surface area is 309 Å². The zero-order valence-electron chi connectivity index (χ0n) is 29.0.